The molecular formula is C12H21NO3. The molecule has 0 unspecified atom stereocenters. The van der Waals surface area contributed by atoms with Gasteiger partial charge in [-0.2, -0.15) is 0 Å². The van der Waals surface area contributed by atoms with Gasteiger partial charge < -0.3 is 10.1 Å². The van der Waals surface area contributed by atoms with Crippen LogP contribution in [0.3, 0.4) is 0 Å². The van der Waals surface area contributed by atoms with Gasteiger partial charge in [-0.25, -0.2) is 4.79 Å². The van der Waals surface area contributed by atoms with Crippen LogP contribution >= 0.6 is 0 Å². The molecule has 1 rings (SSSR count). The van der Waals surface area contributed by atoms with Crippen LogP contribution in [0.5, 0.6) is 0 Å². The van der Waals surface area contributed by atoms with Crippen LogP contribution in [0, 0.1) is 5.92 Å². The third kappa shape index (κ3) is 3.51. The molecular weight excluding hydrogens is 206 g/mol. The summed E-state index contributed by atoms with van der Waals surface area (Å²) in [5, 5.41) is 2.82. The van der Waals surface area contributed by atoms with E-state index in [4.69, 9.17) is 4.74 Å². The van der Waals surface area contributed by atoms with E-state index in [1.165, 1.54) is 0 Å². The third-order valence-corrected chi connectivity index (χ3v) is 2.79. The summed E-state index contributed by atoms with van der Waals surface area (Å²) < 4.78 is 5.18. The van der Waals surface area contributed by atoms with E-state index in [9.17, 15) is 9.59 Å². The number of ketones is 1. The highest BCUT2D eigenvalue weighted by Gasteiger charge is 2.40. The maximum atomic E-state index is 11.6. The van der Waals surface area contributed by atoms with E-state index in [-0.39, 0.29) is 17.2 Å². The lowest BCUT2D eigenvalue weighted by Gasteiger charge is -2.39. The zero-order valence-corrected chi connectivity index (χ0v) is 10.7. The third-order valence-electron chi connectivity index (χ3n) is 2.79. The molecule has 0 aromatic heterocycles. The molecule has 92 valence electrons. The van der Waals surface area contributed by atoms with Crippen LogP contribution < -0.4 is 5.32 Å². The fourth-order valence-corrected chi connectivity index (χ4v) is 1.67. The summed E-state index contributed by atoms with van der Waals surface area (Å²) in [4.78, 5) is 22.5. The highest BCUT2D eigenvalue weighted by atomic mass is 16.6. The molecule has 1 amide bonds. The monoisotopic (exact) mass is 227 g/mol. The van der Waals surface area contributed by atoms with Crippen molar-refractivity contribution in [2.24, 2.45) is 5.92 Å². The van der Waals surface area contributed by atoms with Crippen LogP contribution in [0.15, 0.2) is 0 Å². The van der Waals surface area contributed by atoms with Gasteiger partial charge in [-0.1, -0.05) is 0 Å². The van der Waals surface area contributed by atoms with Crippen LogP contribution in [0.2, 0.25) is 0 Å². The standard InChI is InChI=1S/C12H21NO3/c1-11(2,3)16-10(15)13-12(4,5)8-6-9(14)7-8/h8H,6-7H2,1-5H3,(H,13,15). The van der Waals surface area contributed by atoms with Gasteiger partial charge in [0.2, 0.25) is 0 Å². The normalized spacial score (nSPS) is 17.9. The average molecular weight is 227 g/mol. The molecule has 0 atom stereocenters. The molecule has 4 nitrogen and oxygen atoms in total. The Labute approximate surface area is 96.7 Å². The molecule has 16 heavy (non-hydrogen) atoms. The maximum Gasteiger partial charge on any atom is 0.408 e. The lowest BCUT2D eigenvalue weighted by molar-refractivity contribution is -0.129. The van der Waals surface area contributed by atoms with E-state index in [1.54, 1.807) is 0 Å². The van der Waals surface area contributed by atoms with Gasteiger partial charge in [0.25, 0.3) is 0 Å². The van der Waals surface area contributed by atoms with Crippen LogP contribution in [-0.4, -0.2) is 23.0 Å². The van der Waals surface area contributed by atoms with Crippen molar-refractivity contribution in [2.75, 3.05) is 0 Å². The molecule has 0 spiro atoms. The van der Waals surface area contributed by atoms with Crippen LogP contribution in [-0.2, 0) is 9.53 Å². The Hall–Kier alpha value is -1.06. The number of ether oxygens (including phenoxy) is 1. The molecule has 1 fully saturated rings. The zero-order chi connectivity index (χ0) is 12.6. The molecule has 1 aliphatic carbocycles. The van der Waals surface area contributed by atoms with Crippen molar-refractivity contribution >= 4 is 11.9 Å². The number of hydrogen-bond donors (Lipinski definition) is 1. The second-order valence-electron chi connectivity index (χ2n) is 5.99. The van der Waals surface area contributed by atoms with E-state index in [0.717, 1.165) is 0 Å². The number of hydrogen-bond acceptors (Lipinski definition) is 3. The largest absolute Gasteiger partial charge is 0.444 e. The van der Waals surface area contributed by atoms with E-state index < -0.39 is 11.7 Å². The molecule has 1 aliphatic rings. The first-order valence-electron chi connectivity index (χ1n) is 5.63. The Bertz CT molecular complexity index is 294. The molecule has 0 aromatic rings. The van der Waals surface area contributed by atoms with Gasteiger partial charge in [0.05, 0.1) is 0 Å². The van der Waals surface area contributed by atoms with Gasteiger partial charge in [0.1, 0.15) is 11.4 Å². The van der Waals surface area contributed by atoms with E-state index in [0.29, 0.717) is 12.8 Å². The Morgan fingerprint density at radius 2 is 1.75 bits per heavy atom. The minimum absolute atomic E-state index is 0.229. The quantitative estimate of drug-likeness (QED) is 0.787. The maximum absolute atomic E-state index is 11.6. The van der Waals surface area contributed by atoms with E-state index in [2.05, 4.69) is 5.32 Å². The fraction of sp³-hybridized carbons (Fsp3) is 0.833. The highest BCUT2D eigenvalue weighted by molar-refractivity contribution is 5.85. The minimum atomic E-state index is -0.490. The van der Waals surface area contributed by atoms with E-state index >= 15 is 0 Å². The number of nitrogens with one attached hydrogen (secondary N) is 1. The lowest BCUT2D eigenvalue weighted by atomic mass is 9.72. The Morgan fingerprint density at radius 1 is 1.25 bits per heavy atom. The van der Waals surface area contributed by atoms with Crippen molar-refractivity contribution in [1.82, 2.24) is 5.32 Å². The molecule has 1 saturated carbocycles. The SMILES string of the molecule is CC(C)(C)OC(=O)NC(C)(C)C1CC(=O)C1. The molecule has 0 saturated heterocycles. The molecule has 1 N–H and O–H groups in total. The Morgan fingerprint density at radius 3 is 2.12 bits per heavy atom. The fourth-order valence-electron chi connectivity index (χ4n) is 1.67. The summed E-state index contributed by atoms with van der Waals surface area (Å²) in [7, 11) is 0. The summed E-state index contributed by atoms with van der Waals surface area (Å²) in [5.41, 5.74) is -0.869. The van der Waals surface area contributed by atoms with Crippen molar-refractivity contribution in [2.45, 2.75) is 58.6 Å². The second kappa shape index (κ2) is 4.07. The Balaban J connectivity index is 2.46. The van der Waals surface area contributed by atoms with Crippen LogP contribution in [0.25, 0.3) is 0 Å². The number of carbonyl (C=O) groups excluding carboxylic acids is 2. The van der Waals surface area contributed by atoms with Gasteiger partial charge in [0, 0.05) is 18.4 Å². The number of amides is 1. The molecule has 0 bridgehead atoms. The first-order valence-corrected chi connectivity index (χ1v) is 5.63. The second-order valence-corrected chi connectivity index (χ2v) is 5.99. The first-order chi connectivity index (χ1) is 7.10. The van der Waals surface area contributed by atoms with Crippen molar-refractivity contribution in [3.05, 3.63) is 0 Å². The zero-order valence-electron chi connectivity index (χ0n) is 10.7. The first kappa shape index (κ1) is 13.0. The molecule has 0 heterocycles. The van der Waals surface area contributed by atoms with Gasteiger partial charge in [-0.3, -0.25) is 4.79 Å². The lowest BCUT2D eigenvalue weighted by Crippen LogP contribution is -2.54. The summed E-state index contributed by atoms with van der Waals surface area (Å²) in [5.74, 6) is 0.497. The van der Waals surface area contributed by atoms with Gasteiger partial charge in [-0.15, -0.1) is 0 Å². The number of carbonyl (C=O) groups is 2. The summed E-state index contributed by atoms with van der Waals surface area (Å²) in [6, 6.07) is 0. The highest BCUT2D eigenvalue weighted by Crippen LogP contribution is 2.33. The van der Waals surface area contributed by atoms with Crippen LogP contribution in [0.4, 0.5) is 4.79 Å². The van der Waals surface area contributed by atoms with Gasteiger partial charge in [0.15, 0.2) is 0 Å². The van der Waals surface area contributed by atoms with Crippen molar-refractivity contribution in [3.8, 4) is 0 Å². The Kier molecular flexibility index (Phi) is 3.31. The number of rotatable bonds is 2. The van der Waals surface area contributed by atoms with Gasteiger partial charge >= 0.3 is 6.09 Å². The number of alkyl carbamates (subject to hydrolysis) is 1. The summed E-state index contributed by atoms with van der Waals surface area (Å²) in [6.07, 6.45) is 0.697. The van der Waals surface area contributed by atoms with Crippen LogP contribution in [0.1, 0.15) is 47.5 Å². The average Bonchev–Trinajstić information content (AvgIpc) is 1.92. The summed E-state index contributed by atoms with van der Waals surface area (Å²) >= 11 is 0. The molecule has 4 heteroatoms. The topological polar surface area (TPSA) is 55.4 Å². The van der Waals surface area contributed by atoms with Crippen molar-refractivity contribution < 1.29 is 14.3 Å². The number of Topliss-reactive ketones (excluding diaryl/α,β-unsaturated/α-hetero) is 1. The predicted octanol–water partition coefficient (Wildman–Crippen LogP) is 2.27. The molecule has 0 aliphatic heterocycles. The van der Waals surface area contributed by atoms with Crippen molar-refractivity contribution in [3.63, 3.8) is 0 Å². The minimum Gasteiger partial charge on any atom is -0.444 e. The van der Waals surface area contributed by atoms with Crippen molar-refractivity contribution in [1.29, 1.82) is 0 Å². The molecule has 0 aromatic carbocycles. The predicted molar refractivity (Wildman–Crippen MR) is 61.2 cm³/mol. The summed E-state index contributed by atoms with van der Waals surface area (Å²) in [6.45, 7) is 9.33. The van der Waals surface area contributed by atoms with E-state index in [1.807, 2.05) is 34.6 Å². The molecule has 0 radical (unpaired) electrons. The smallest absolute Gasteiger partial charge is 0.408 e. The van der Waals surface area contributed by atoms with Gasteiger partial charge in [-0.05, 0) is 40.5 Å².